The summed E-state index contributed by atoms with van der Waals surface area (Å²) in [5.41, 5.74) is 3.12. The van der Waals surface area contributed by atoms with Crippen LogP contribution in [0.2, 0.25) is 10.0 Å². The summed E-state index contributed by atoms with van der Waals surface area (Å²) in [6.45, 7) is 0.201. The molecule has 1 amide bonds. The number of pyridine rings is 1. The molecule has 0 aliphatic heterocycles. The van der Waals surface area contributed by atoms with E-state index in [0.717, 1.165) is 0 Å². The van der Waals surface area contributed by atoms with Crippen LogP contribution in [0.25, 0.3) is 0 Å². The lowest BCUT2D eigenvalue weighted by molar-refractivity contribution is -0.684. The topological polar surface area (TPSA) is 45.3 Å². The Labute approximate surface area is 126 Å². The maximum absolute atomic E-state index is 11.6. The number of benzene rings is 1. The Hall–Kier alpha value is -1.91. The molecule has 1 N–H and O–H groups in total. The highest BCUT2D eigenvalue weighted by Gasteiger charge is 2.06. The van der Waals surface area contributed by atoms with Crippen molar-refractivity contribution < 1.29 is 9.36 Å². The number of hydrazone groups is 1. The Bertz CT molecular complexity index is 630. The first-order valence-electron chi connectivity index (χ1n) is 5.86. The molecular formula is C14H12Cl2N3O+. The highest BCUT2D eigenvalue weighted by molar-refractivity contribution is 6.36. The predicted molar refractivity (Wildman–Crippen MR) is 78.8 cm³/mol. The van der Waals surface area contributed by atoms with E-state index >= 15 is 0 Å². The number of nitrogens with zero attached hydrogens (tertiary/aromatic N) is 2. The highest BCUT2D eigenvalue weighted by atomic mass is 35.5. The van der Waals surface area contributed by atoms with E-state index in [1.807, 2.05) is 18.2 Å². The summed E-state index contributed by atoms with van der Waals surface area (Å²) in [7, 11) is 0. The van der Waals surface area contributed by atoms with E-state index in [-0.39, 0.29) is 12.5 Å². The van der Waals surface area contributed by atoms with Crippen molar-refractivity contribution in [2.45, 2.75) is 6.54 Å². The molecule has 0 aliphatic carbocycles. The van der Waals surface area contributed by atoms with E-state index in [4.69, 9.17) is 23.2 Å². The number of carbonyl (C=O) groups excluding carboxylic acids is 1. The first-order chi connectivity index (χ1) is 9.65. The van der Waals surface area contributed by atoms with Crippen LogP contribution in [0, 0.1) is 0 Å². The molecule has 0 radical (unpaired) electrons. The average Bonchev–Trinajstić information content (AvgIpc) is 2.42. The average molecular weight is 309 g/mol. The zero-order chi connectivity index (χ0) is 14.4. The highest BCUT2D eigenvalue weighted by Crippen LogP contribution is 2.19. The molecule has 1 heterocycles. The minimum absolute atomic E-state index is 0.201. The van der Waals surface area contributed by atoms with Crippen molar-refractivity contribution in [2.24, 2.45) is 5.10 Å². The van der Waals surface area contributed by atoms with Gasteiger partial charge in [-0.1, -0.05) is 35.3 Å². The van der Waals surface area contributed by atoms with Crippen LogP contribution in [0.15, 0.2) is 53.9 Å². The van der Waals surface area contributed by atoms with Crippen LogP contribution in [0.4, 0.5) is 0 Å². The van der Waals surface area contributed by atoms with E-state index in [1.165, 1.54) is 6.21 Å². The summed E-state index contributed by atoms with van der Waals surface area (Å²) < 4.78 is 1.75. The quantitative estimate of drug-likeness (QED) is 0.526. The lowest BCUT2D eigenvalue weighted by atomic mass is 10.2. The second kappa shape index (κ2) is 7.03. The summed E-state index contributed by atoms with van der Waals surface area (Å²) in [4.78, 5) is 11.6. The van der Waals surface area contributed by atoms with E-state index in [1.54, 1.807) is 35.2 Å². The van der Waals surface area contributed by atoms with Gasteiger partial charge in [0.05, 0.1) is 11.2 Å². The molecule has 0 unspecified atom stereocenters. The molecular weight excluding hydrogens is 297 g/mol. The van der Waals surface area contributed by atoms with E-state index in [9.17, 15) is 4.79 Å². The Balaban J connectivity index is 1.91. The molecule has 2 rings (SSSR count). The van der Waals surface area contributed by atoms with Gasteiger partial charge in [-0.3, -0.25) is 4.79 Å². The van der Waals surface area contributed by atoms with Gasteiger partial charge >= 0.3 is 5.91 Å². The largest absolute Gasteiger partial charge is 0.305 e. The van der Waals surface area contributed by atoms with Crippen molar-refractivity contribution in [1.29, 1.82) is 0 Å². The zero-order valence-electron chi connectivity index (χ0n) is 10.5. The van der Waals surface area contributed by atoms with Gasteiger partial charge in [-0.25, -0.2) is 5.43 Å². The third-order valence-corrected chi connectivity index (χ3v) is 3.02. The number of nitrogens with one attached hydrogen (secondary N) is 1. The van der Waals surface area contributed by atoms with Gasteiger partial charge in [0, 0.05) is 22.7 Å². The molecule has 0 atom stereocenters. The van der Waals surface area contributed by atoms with Gasteiger partial charge in [0.2, 0.25) is 6.54 Å². The number of carbonyl (C=O) groups is 1. The number of halogens is 2. The predicted octanol–water partition coefficient (Wildman–Crippen LogP) is 2.43. The Morgan fingerprint density at radius 1 is 1.25 bits per heavy atom. The molecule has 4 nitrogen and oxygen atoms in total. The first kappa shape index (κ1) is 14.5. The SMILES string of the molecule is O=C(C[n+]1ccccc1)N/N=C\c1ccc(Cl)cc1Cl. The standard InChI is InChI=1S/C14H11Cl2N3O/c15-12-5-4-11(13(16)8-12)9-17-18-14(20)10-19-6-2-1-3-7-19/h1-9H,10H2/p+1/b17-9-. The van der Waals surface area contributed by atoms with Gasteiger partial charge < -0.3 is 0 Å². The molecule has 2 aromatic rings. The monoisotopic (exact) mass is 308 g/mol. The lowest BCUT2D eigenvalue weighted by Crippen LogP contribution is -2.40. The first-order valence-corrected chi connectivity index (χ1v) is 6.62. The van der Waals surface area contributed by atoms with Gasteiger partial charge in [0.25, 0.3) is 0 Å². The summed E-state index contributed by atoms with van der Waals surface area (Å²) in [5.74, 6) is -0.220. The molecule has 1 aromatic carbocycles. The third-order valence-electron chi connectivity index (χ3n) is 2.46. The van der Waals surface area contributed by atoms with Crippen LogP contribution in [0.5, 0.6) is 0 Å². The van der Waals surface area contributed by atoms with Crippen LogP contribution < -0.4 is 9.99 Å². The summed E-state index contributed by atoms with van der Waals surface area (Å²) in [6.07, 6.45) is 5.09. The van der Waals surface area contributed by atoms with Crippen LogP contribution in [-0.2, 0) is 11.3 Å². The molecule has 6 heteroatoms. The van der Waals surface area contributed by atoms with Crippen molar-refractivity contribution in [3.8, 4) is 0 Å². The lowest BCUT2D eigenvalue weighted by Gasteiger charge is -1.99. The van der Waals surface area contributed by atoms with Crippen molar-refractivity contribution in [1.82, 2.24) is 5.43 Å². The third kappa shape index (κ3) is 4.33. The summed E-state index contributed by atoms with van der Waals surface area (Å²) in [6, 6.07) is 10.6. The van der Waals surface area contributed by atoms with Crippen LogP contribution in [-0.4, -0.2) is 12.1 Å². The van der Waals surface area contributed by atoms with Crippen LogP contribution >= 0.6 is 23.2 Å². The Morgan fingerprint density at radius 3 is 2.70 bits per heavy atom. The number of aromatic nitrogens is 1. The minimum Gasteiger partial charge on any atom is -0.266 e. The van der Waals surface area contributed by atoms with Crippen molar-refractivity contribution in [3.05, 3.63) is 64.4 Å². The van der Waals surface area contributed by atoms with Crippen LogP contribution in [0.3, 0.4) is 0 Å². The normalized spacial score (nSPS) is 10.7. The fourth-order valence-corrected chi connectivity index (χ4v) is 1.98. The number of rotatable bonds is 4. The molecule has 0 fully saturated rings. The second-order valence-electron chi connectivity index (χ2n) is 4.01. The number of amides is 1. The minimum atomic E-state index is -0.220. The number of hydrogen-bond donors (Lipinski definition) is 1. The van der Waals surface area contributed by atoms with Gasteiger partial charge in [-0.2, -0.15) is 9.67 Å². The van der Waals surface area contributed by atoms with Crippen LogP contribution in [0.1, 0.15) is 5.56 Å². The molecule has 0 bridgehead atoms. The summed E-state index contributed by atoms with van der Waals surface area (Å²) >= 11 is 11.8. The fourth-order valence-electron chi connectivity index (χ4n) is 1.52. The van der Waals surface area contributed by atoms with Gasteiger partial charge in [0.15, 0.2) is 12.4 Å². The molecule has 102 valence electrons. The van der Waals surface area contributed by atoms with Crippen molar-refractivity contribution in [2.75, 3.05) is 0 Å². The fraction of sp³-hybridized carbons (Fsp3) is 0.0714. The summed E-state index contributed by atoms with van der Waals surface area (Å²) in [5, 5.41) is 4.89. The molecule has 20 heavy (non-hydrogen) atoms. The van der Waals surface area contributed by atoms with Crippen molar-refractivity contribution >= 4 is 35.3 Å². The Morgan fingerprint density at radius 2 is 2.00 bits per heavy atom. The maximum atomic E-state index is 11.6. The molecule has 0 aliphatic rings. The Kier molecular flexibility index (Phi) is 5.09. The molecule has 0 saturated carbocycles. The smallest absolute Gasteiger partial charge is 0.266 e. The van der Waals surface area contributed by atoms with E-state index < -0.39 is 0 Å². The number of hydrogen-bond acceptors (Lipinski definition) is 2. The zero-order valence-corrected chi connectivity index (χ0v) is 12.0. The van der Waals surface area contributed by atoms with Gasteiger partial charge in [-0.05, 0) is 12.1 Å². The van der Waals surface area contributed by atoms with E-state index in [2.05, 4.69) is 10.5 Å². The van der Waals surface area contributed by atoms with Gasteiger partial charge in [-0.15, -0.1) is 0 Å². The molecule has 0 spiro atoms. The van der Waals surface area contributed by atoms with Crippen molar-refractivity contribution in [3.63, 3.8) is 0 Å². The van der Waals surface area contributed by atoms with Gasteiger partial charge in [0.1, 0.15) is 0 Å². The second-order valence-corrected chi connectivity index (χ2v) is 4.85. The molecule has 0 saturated heterocycles. The maximum Gasteiger partial charge on any atom is 0.305 e. The molecule has 1 aromatic heterocycles. The van der Waals surface area contributed by atoms with E-state index in [0.29, 0.717) is 15.6 Å².